The Kier molecular flexibility index (Phi) is 5.23. The van der Waals surface area contributed by atoms with Gasteiger partial charge in [0.1, 0.15) is 5.75 Å². The molecule has 0 bridgehead atoms. The summed E-state index contributed by atoms with van der Waals surface area (Å²) in [5.74, 6) is -0.105. The molecule has 0 spiro atoms. The average molecular weight is 235 g/mol. The van der Waals surface area contributed by atoms with E-state index in [9.17, 15) is 4.79 Å². The van der Waals surface area contributed by atoms with E-state index in [2.05, 4.69) is 5.32 Å². The van der Waals surface area contributed by atoms with Gasteiger partial charge < -0.3 is 15.2 Å². The van der Waals surface area contributed by atoms with Gasteiger partial charge in [-0.15, -0.1) is 0 Å². The summed E-state index contributed by atoms with van der Waals surface area (Å²) in [6, 6.07) is 7.85. The van der Waals surface area contributed by atoms with Gasteiger partial charge in [0.05, 0.1) is 7.11 Å². The number of para-hydroxylation sites is 1. The van der Waals surface area contributed by atoms with Crippen LogP contribution in [0.1, 0.15) is 18.5 Å². The van der Waals surface area contributed by atoms with E-state index < -0.39 is 5.97 Å². The Morgan fingerprint density at radius 1 is 1.53 bits per heavy atom. The first kappa shape index (κ1) is 13.3. The summed E-state index contributed by atoms with van der Waals surface area (Å²) >= 11 is 0. The molecule has 1 aromatic carbocycles. The molecule has 1 atom stereocenters. The number of methoxy groups -OCH3 is 1. The zero-order valence-corrected chi connectivity index (χ0v) is 10.0. The molecule has 0 fully saturated rings. The van der Waals surface area contributed by atoms with Crippen molar-refractivity contribution in [3.8, 4) is 5.75 Å². The Balaban J connectivity index is 2.57. The summed E-state index contributed by atoms with van der Waals surface area (Å²) in [5, 5.41) is 11.6. The highest BCUT2D eigenvalue weighted by Crippen LogP contribution is 2.23. The van der Waals surface area contributed by atoms with Crippen molar-refractivity contribution in [1.29, 1.82) is 0 Å². The van der Waals surface area contributed by atoms with Crippen molar-refractivity contribution in [2.45, 2.75) is 13.0 Å². The third-order valence-electron chi connectivity index (χ3n) is 2.41. The highest BCUT2D eigenvalue weighted by molar-refractivity contribution is 5.79. The number of rotatable bonds is 6. The maximum absolute atomic E-state index is 10.3. The predicted octanol–water partition coefficient (Wildman–Crippen LogP) is 1.99. The fraction of sp³-hybridized carbons (Fsp3) is 0.308. The van der Waals surface area contributed by atoms with E-state index in [1.54, 1.807) is 13.2 Å². The van der Waals surface area contributed by atoms with Crippen LogP contribution in [0.2, 0.25) is 0 Å². The number of hydrogen-bond acceptors (Lipinski definition) is 3. The van der Waals surface area contributed by atoms with Crippen molar-refractivity contribution >= 4 is 5.97 Å². The molecule has 0 aliphatic carbocycles. The highest BCUT2D eigenvalue weighted by atomic mass is 16.5. The van der Waals surface area contributed by atoms with Crippen LogP contribution < -0.4 is 10.1 Å². The third-order valence-corrected chi connectivity index (χ3v) is 2.41. The standard InChI is InChI=1S/C13H17NO3/c1-10(14-9-5-8-13(15)16)11-6-3-4-7-12(11)17-2/h3-8,10,14H,9H2,1-2H3,(H,15,16)/b8-5+/t10-/m0/s1. The summed E-state index contributed by atoms with van der Waals surface area (Å²) in [6.45, 7) is 2.51. The molecule has 1 aromatic rings. The zero-order valence-electron chi connectivity index (χ0n) is 10.0. The van der Waals surface area contributed by atoms with Gasteiger partial charge in [-0.2, -0.15) is 0 Å². The Bertz CT molecular complexity index is 401. The number of ether oxygens (including phenoxy) is 1. The van der Waals surface area contributed by atoms with Crippen molar-refractivity contribution in [1.82, 2.24) is 5.32 Å². The summed E-state index contributed by atoms with van der Waals surface area (Å²) < 4.78 is 5.26. The normalized spacial score (nSPS) is 12.6. The molecule has 0 radical (unpaired) electrons. The lowest BCUT2D eigenvalue weighted by molar-refractivity contribution is -0.131. The molecule has 92 valence electrons. The van der Waals surface area contributed by atoms with E-state index in [0.29, 0.717) is 6.54 Å². The van der Waals surface area contributed by atoms with Gasteiger partial charge in [-0.05, 0) is 13.0 Å². The topological polar surface area (TPSA) is 58.6 Å². The van der Waals surface area contributed by atoms with E-state index in [1.807, 2.05) is 31.2 Å². The number of carboxylic acid groups (broad SMARTS) is 1. The van der Waals surface area contributed by atoms with Crippen LogP contribution in [0.15, 0.2) is 36.4 Å². The molecule has 0 aliphatic rings. The van der Waals surface area contributed by atoms with Crippen molar-refractivity contribution in [2.24, 2.45) is 0 Å². The second kappa shape index (κ2) is 6.70. The molecule has 4 nitrogen and oxygen atoms in total. The molecule has 0 aromatic heterocycles. The van der Waals surface area contributed by atoms with Crippen LogP contribution in [-0.4, -0.2) is 24.7 Å². The molecule has 0 unspecified atom stereocenters. The molecule has 0 heterocycles. The smallest absolute Gasteiger partial charge is 0.328 e. The number of carbonyl (C=O) groups is 1. The van der Waals surface area contributed by atoms with Gasteiger partial charge in [0.25, 0.3) is 0 Å². The van der Waals surface area contributed by atoms with Crippen LogP contribution >= 0.6 is 0 Å². The SMILES string of the molecule is COc1ccccc1[C@H](C)NC/C=C/C(=O)O. The Morgan fingerprint density at radius 3 is 2.88 bits per heavy atom. The number of nitrogens with one attached hydrogen (secondary N) is 1. The van der Waals surface area contributed by atoms with Gasteiger partial charge in [-0.25, -0.2) is 4.79 Å². The maximum atomic E-state index is 10.3. The average Bonchev–Trinajstić information content (AvgIpc) is 2.34. The van der Waals surface area contributed by atoms with Crippen molar-refractivity contribution < 1.29 is 14.6 Å². The monoisotopic (exact) mass is 235 g/mol. The fourth-order valence-electron chi connectivity index (χ4n) is 1.54. The molecule has 2 N–H and O–H groups in total. The summed E-state index contributed by atoms with van der Waals surface area (Å²) in [4.78, 5) is 10.3. The van der Waals surface area contributed by atoms with E-state index in [-0.39, 0.29) is 6.04 Å². The minimum absolute atomic E-state index is 0.101. The minimum atomic E-state index is -0.934. The van der Waals surface area contributed by atoms with Crippen molar-refractivity contribution in [2.75, 3.05) is 13.7 Å². The van der Waals surface area contributed by atoms with E-state index >= 15 is 0 Å². The van der Waals surface area contributed by atoms with E-state index in [4.69, 9.17) is 9.84 Å². The molecule has 4 heteroatoms. The van der Waals surface area contributed by atoms with Gasteiger partial charge >= 0.3 is 5.97 Å². The molecule has 0 saturated carbocycles. The largest absolute Gasteiger partial charge is 0.496 e. The highest BCUT2D eigenvalue weighted by Gasteiger charge is 2.08. The van der Waals surface area contributed by atoms with Crippen LogP contribution in [0.4, 0.5) is 0 Å². The molecule has 0 aliphatic heterocycles. The number of benzene rings is 1. The van der Waals surface area contributed by atoms with Gasteiger partial charge in [-0.3, -0.25) is 0 Å². The zero-order chi connectivity index (χ0) is 12.7. The number of hydrogen-bond donors (Lipinski definition) is 2. The van der Waals surface area contributed by atoms with Gasteiger partial charge in [0, 0.05) is 24.2 Å². The molecule has 1 rings (SSSR count). The Labute approximate surface area is 101 Å². The second-order valence-electron chi connectivity index (χ2n) is 3.61. The molecular weight excluding hydrogens is 218 g/mol. The lowest BCUT2D eigenvalue weighted by atomic mass is 10.1. The lowest BCUT2D eigenvalue weighted by Crippen LogP contribution is -2.19. The van der Waals surface area contributed by atoms with Crippen LogP contribution in [0, 0.1) is 0 Å². The van der Waals surface area contributed by atoms with Crippen LogP contribution in [-0.2, 0) is 4.79 Å². The maximum Gasteiger partial charge on any atom is 0.328 e. The van der Waals surface area contributed by atoms with Crippen LogP contribution in [0.3, 0.4) is 0 Å². The molecular formula is C13H17NO3. The molecule has 17 heavy (non-hydrogen) atoms. The second-order valence-corrected chi connectivity index (χ2v) is 3.61. The molecule has 0 saturated heterocycles. The number of aliphatic carboxylic acids is 1. The Hall–Kier alpha value is -1.81. The van der Waals surface area contributed by atoms with Crippen LogP contribution in [0.25, 0.3) is 0 Å². The van der Waals surface area contributed by atoms with Gasteiger partial charge in [0.2, 0.25) is 0 Å². The van der Waals surface area contributed by atoms with E-state index in [1.165, 1.54) is 0 Å². The first-order valence-corrected chi connectivity index (χ1v) is 5.41. The number of carboxylic acids is 1. The first-order chi connectivity index (χ1) is 8.15. The van der Waals surface area contributed by atoms with Gasteiger partial charge in [0.15, 0.2) is 0 Å². The minimum Gasteiger partial charge on any atom is -0.496 e. The van der Waals surface area contributed by atoms with Crippen molar-refractivity contribution in [3.05, 3.63) is 42.0 Å². The third kappa shape index (κ3) is 4.28. The fourth-order valence-corrected chi connectivity index (χ4v) is 1.54. The first-order valence-electron chi connectivity index (χ1n) is 5.41. The van der Waals surface area contributed by atoms with E-state index in [0.717, 1.165) is 17.4 Å². The summed E-state index contributed by atoms with van der Waals surface area (Å²) in [6.07, 6.45) is 2.70. The van der Waals surface area contributed by atoms with Crippen molar-refractivity contribution in [3.63, 3.8) is 0 Å². The lowest BCUT2D eigenvalue weighted by Gasteiger charge is -2.16. The van der Waals surface area contributed by atoms with Crippen LogP contribution in [0.5, 0.6) is 5.75 Å². The predicted molar refractivity (Wildman–Crippen MR) is 66.2 cm³/mol. The Morgan fingerprint density at radius 2 is 2.24 bits per heavy atom. The summed E-state index contributed by atoms with van der Waals surface area (Å²) in [5.41, 5.74) is 1.05. The molecule has 0 amide bonds. The summed E-state index contributed by atoms with van der Waals surface area (Å²) in [7, 11) is 1.63. The quantitative estimate of drug-likeness (QED) is 0.740. The van der Waals surface area contributed by atoms with Gasteiger partial charge in [-0.1, -0.05) is 24.3 Å².